The second-order valence-electron chi connectivity index (χ2n) is 6.48. The van der Waals surface area contributed by atoms with Gasteiger partial charge in [0.25, 0.3) is 5.91 Å². The topological polar surface area (TPSA) is 32.7 Å². The molecule has 1 aliphatic heterocycles. The molecule has 0 saturated heterocycles. The smallest absolute Gasteiger partial charge is 0.259 e. The van der Waals surface area contributed by atoms with E-state index < -0.39 is 0 Å². The van der Waals surface area contributed by atoms with Crippen LogP contribution in [0.4, 0.5) is 0 Å². The van der Waals surface area contributed by atoms with Gasteiger partial charge in [-0.05, 0) is 41.0 Å². The highest BCUT2D eigenvalue weighted by molar-refractivity contribution is 8.13. The Labute approximate surface area is 174 Å². The predicted octanol–water partition coefficient (Wildman–Crippen LogP) is 5.75. The maximum absolute atomic E-state index is 13.0. The van der Waals surface area contributed by atoms with Crippen molar-refractivity contribution in [2.45, 2.75) is 5.75 Å². The molecule has 0 unspecified atom stereocenters. The number of benzene rings is 3. The minimum atomic E-state index is -0.00513. The number of nitrogens with zero attached hydrogens (tertiary/aromatic N) is 2. The van der Waals surface area contributed by atoms with E-state index in [0.717, 1.165) is 32.6 Å². The van der Waals surface area contributed by atoms with Crippen molar-refractivity contribution in [2.75, 3.05) is 13.1 Å². The number of hydrogen-bond donors (Lipinski definition) is 0. The molecule has 1 amide bonds. The van der Waals surface area contributed by atoms with Crippen LogP contribution < -0.4 is 0 Å². The summed E-state index contributed by atoms with van der Waals surface area (Å²) in [7, 11) is 0. The summed E-state index contributed by atoms with van der Waals surface area (Å²) in [5, 5.41) is 1.50. The average molecular weight is 407 g/mol. The third-order valence-electron chi connectivity index (χ3n) is 4.54. The molecule has 1 heterocycles. The summed E-state index contributed by atoms with van der Waals surface area (Å²) >= 11 is 7.63. The van der Waals surface area contributed by atoms with Gasteiger partial charge in [-0.25, -0.2) is 0 Å². The molecule has 3 nitrogen and oxygen atoms in total. The van der Waals surface area contributed by atoms with E-state index in [1.165, 1.54) is 0 Å². The zero-order valence-electron chi connectivity index (χ0n) is 15.2. The molecule has 0 aliphatic carbocycles. The van der Waals surface area contributed by atoms with E-state index in [9.17, 15) is 4.79 Å². The van der Waals surface area contributed by atoms with E-state index in [1.54, 1.807) is 16.7 Å². The lowest BCUT2D eigenvalue weighted by molar-refractivity contribution is 0.0860. The zero-order valence-corrected chi connectivity index (χ0v) is 16.8. The molecule has 28 heavy (non-hydrogen) atoms. The molecule has 1 aliphatic rings. The van der Waals surface area contributed by atoms with Gasteiger partial charge in [0.15, 0.2) is 5.17 Å². The summed E-state index contributed by atoms with van der Waals surface area (Å²) in [6.45, 7) is 1.27. The molecule has 0 saturated carbocycles. The van der Waals surface area contributed by atoms with Crippen LogP contribution in [0.25, 0.3) is 11.1 Å². The van der Waals surface area contributed by atoms with Gasteiger partial charge in [-0.2, -0.15) is 0 Å². The molecule has 140 valence electrons. The number of amidine groups is 1. The first-order chi connectivity index (χ1) is 13.7. The molecule has 0 bridgehead atoms. The first-order valence-electron chi connectivity index (χ1n) is 9.10. The number of aliphatic imine (C=N–C) groups is 1. The Bertz CT molecular complexity index is 1000. The van der Waals surface area contributed by atoms with E-state index >= 15 is 0 Å². The molecular weight excluding hydrogens is 388 g/mol. The standard InChI is InChI=1S/C23H19ClN2OS/c24-21-8-4-5-17(15-21)16-28-23-25-13-14-26(23)22(27)20-11-9-19(10-12-20)18-6-2-1-3-7-18/h1-12,15H,13-14,16H2. The van der Waals surface area contributed by atoms with Crippen LogP contribution in [0.15, 0.2) is 83.9 Å². The van der Waals surface area contributed by atoms with E-state index in [4.69, 9.17) is 11.6 Å². The molecule has 0 radical (unpaired) electrons. The first-order valence-corrected chi connectivity index (χ1v) is 10.5. The minimum Gasteiger partial charge on any atom is -0.286 e. The van der Waals surface area contributed by atoms with Crippen molar-refractivity contribution in [1.82, 2.24) is 4.90 Å². The number of halogens is 1. The molecule has 0 atom stereocenters. The number of rotatable bonds is 4. The Morgan fingerprint density at radius 2 is 1.71 bits per heavy atom. The fraction of sp³-hybridized carbons (Fsp3) is 0.130. The Morgan fingerprint density at radius 3 is 2.46 bits per heavy atom. The molecule has 0 aromatic heterocycles. The molecule has 0 fully saturated rings. The van der Waals surface area contributed by atoms with E-state index in [0.29, 0.717) is 18.7 Å². The van der Waals surface area contributed by atoms with Crippen LogP contribution in [0.5, 0.6) is 0 Å². The molecule has 0 N–H and O–H groups in total. The largest absolute Gasteiger partial charge is 0.286 e. The summed E-state index contributed by atoms with van der Waals surface area (Å²) in [5.74, 6) is 0.727. The van der Waals surface area contributed by atoms with Gasteiger partial charge in [0.1, 0.15) is 0 Å². The lowest BCUT2D eigenvalue weighted by Gasteiger charge is -2.18. The number of thioether (sulfide) groups is 1. The maximum Gasteiger partial charge on any atom is 0.259 e. The van der Waals surface area contributed by atoms with Crippen LogP contribution in [-0.2, 0) is 5.75 Å². The normalized spacial score (nSPS) is 13.5. The minimum absolute atomic E-state index is 0.00513. The highest BCUT2D eigenvalue weighted by Gasteiger charge is 2.25. The summed E-state index contributed by atoms with van der Waals surface area (Å²) in [4.78, 5) is 19.3. The van der Waals surface area contributed by atoms with Gasteiger partial charge < -0.3 is 0 Å². The second kappa shape index (κ2) is 8.63. The van der Waals surface area contributed by atoms with Gasteiger partial charge in [0.05, 0.1) is 6.54 Å². The summed E-state index contributed by atoms with van der Waals surface area (Å²) in [6.07, 6.45) is 0. The van der Waals surface area contributed by atoms with Crippen molar-refractivity contribution in [3.05, 3.63) is 95.0 Å². The maximum atomic E-state index is 13.0. The van der Waals surface area contributed by atoms with Crippen LogP contribution in [0.2, 0.25) is 5.02 Å². The zero-order chi connectivity index (χ0) is 19.3. The molecule has 3 aromatic rings. The van der Waals surface area contributed by atoms with Crippen LogP contribution >= 0.6 is 23.4 Å². The van der Waals surface area contributed by atoms with Crippen molar-refractivity contribution in [3.63, 3.8) is 0 Å². The number of carbonyl (C=O) groups excluding carboxylic acids is 1. The molecule has 3 aromatic carbocycles. The summed E-state index contributed by atoms with van der Waals surface area (Å²) in [6, 6.07) is 25.7. The molecule has 0 spiro atoms. The Morgan fingerprint density at radius 1 is 0.964 bits per heavy atom. The molecule has 4 rings (SSSR count). The van der Waals surface area contributed by atoms with Crippen molar-refractivity contribution in [3.8, 4) is 11.1 Å². The van der Waals surface area contributed by atoms with Crippen LogP contribution in [0, 0.1) is 0 Å². The number of amides is 1. The molecule has 5 heteroatoms. The van der Waals surface area contributed by atoms with Crippen molar-refractivity contribution >= 4 is 34.4 Å². The third kappa shape index (κ3) is 4.29. The SMILES string of the molecule is O=C(c1ccc(-c2ccccc2)cc1)N1CCN=C1SCc1cccc(Cl)c1. The van der Waals surface area contributed by atoms with E-state index in [1.807, 2.05) is 66.7 Å². The summed E-state index contributed by atoms with van der Waals surface area (Å²) < 4.78 is 0. The quantitative estimate of drug-likeness (QED) is 0.552. The van der Waals surface area contributed by atoms with Gasteiger partial charge >= 0.3 is 0 Å². The highest BCUT2D eigenvalue weighted by atomic mass is 35.5. The Balaban J connectivity index is 1.44. The number of carbonyl (C=O) groups is 1. The van der Waals surface area contributed by atoms with Gasteiger partial charge in [-0.3, -0.25) is 14.7 Å². The monoisotopic (exact) mass is 406 g/mol. The third-order valence-corrected chi connectivity index (χ3v) is 5.86. The lowest BCUT2D eigenvalue weighted by atomic mass is 10.0. The van der Waals surface area contributed by atoms with Crippen molar-refractivity contribution < 1.29 is 4.79 Å². The Hall–Kier alpha value is -2.56. The van der Waals surface area contributed by atoms with Gasteiger partial charge in [-0.1, -0.05) is 78.0 Å². The van der Waals surface area contributed by atoms with Gasteiger partial charge in [0.2, 0.25) is 0 Å². The molecular formula is C23H19ClN2OS. The predicted molar refractivity (Wildman–Crippen MR) is 118 cm³/mol. The van der Waals surface area contributed by atoms with E-state index in [2.05, 4.69) is 17.1 Å². The second-order valence-corrected chi connectivity index (χ2v) is 7.86. The van der Waals surface area contributed by atoms with Gasteiger partial charge in [0, 0.05) is 22.9 Å². The van der Waals surface area contributed by atoms with Crippen LogP contribution in [-0.4, -0.2) is 29.1 Å². The van der Waals surface area contributed by atoms with Gasteiger partial charge in [-0.15, -0.1) is 0 Å². The first kappa shape index (κ1) is 18.8. The average Bonchev–Trinajstić information content (AvgIpc) is 3.21. The van der Waals surface area contributed by atoms with Crippen molar-refractivity contribution in [1.29, 1.82) is 0 Å². The lowest BCUT2D eigenvalue weighted by Crippen LogP contribution is -2.32. The fourth-order valence-corrected chi connectivity index (χ4v) is 4.31. The van der Waals surface area contributed by atoms with Crippen molar-refractivity contribution in [2.24, 2.45) is 4.99 Å². The highest BCUT2D eigenvalue weighted by Crippen LogP contribution is 2.24. The van der Waals surface area contributed by atoms with E-state index in [-0.39, 0.29) is 5.91 Å². The Kier molecular flexibility index (Phi) is 5.79. The number of hydrogen-bond acceptors (Lipinski definition) is 3. The summed E-state index contributed by atoms with van der Waals surface area (Å²) in [5.41, 5.74) is 4.04. The van der Waals surface area contributed by atoms with Crippen LogP contribution in [0.1, 0.15) is 15.9 Å². The van der Waals surface area contributed by atoms with Crippen LogP contribution in [0.3, 0.4) is 0 Å². The fourth-order valence-electron chi connectivity index (χ4n) is 3.10.